The molecule has 1 heterocycles. The highest BCUT2D eigenvalue weighted by Gasteiger charge is 2.16. The normalized spacial score (nSPS) is 11.0. The number of nitrogens with zero attached hydrogens (tertiary/aromatic N) is 1. The van der Waals surface area contributed by atoms with E-state index in [4.69, 9.17) is 14.2 Å². The third kappa shape index (κ3) is 3.69. The van der Waals surface area contributed by atoms with Crippen molar-refractivity contribution in [2.75, 3.05) is 21.3 Å². The van der Waals surface area contributed by atoms with Gasteiger partial charge in [0.15, 0.2) is 17.3 Å². The van der Waals surface area contributed by atoms with Gasteiger partial charge in [0, 0.05) is 18.0 Å². The standard InChI is InChI=1S/C18H19NO4/c1-12(13-5-7-19-8-6-13)9-15(20)14-10-16(21-2)18(23-4)17(11-14)22-3/h5-11H,1-4H3/b12-9+. The maximum atomic E-state index is 12.5. The second-order valence-electron chi connectivity index (χ2n) is 4.84. The van der Waals surface area contributed by atoms with Crippen LogP contribution in [-0.2, 0) is 0 Å². The summed E-state index contributed by atoms with van der Waals surface area (Å²) >= 11 is 0. The first kappa shape index (κ1) is 16.5. The van der Waals surface area contributed by atoms with E-state index in [1.165, 1.54) is 21.3 Å². The first-order chi connectivity index (χ1) is 11.1. The number of aromatic nitrogens is 1. The Labute approximate surface area is 135 Å². The second-order valence-corrected chi connectivity index (χ2v) is 4.84. The average molecular weight is 313 g/mol. The maximum absolute atomic E-state index is 12.5. The van der Waals surface area contributed by atoms with Gasteiger partial charge in [-0.25, -0.2) is 0 Å². The molecule has 0 aliphatic carbocycles. The van der Waals surface area contributed by atoms with E-state index in [9.17, 15) is 4.79 Å². The molecule has 1 aromatic carbocycles. The lowest BCUT2D eigenvalue weighted by Crippen LogP contribution is -2.01. The number of ether oxygens (including phenoxy) is 3. The zero-order chi connectivity index (χ0) is 16.8. The van der Waals surface area contributed by atoms with Crippen LogP contribution in [0.15, 0.2) is 42.7 Å². The van der Waals surface area contributed by atoms with Gasteiger partial charge in [-0.3, -0.25) is 9.78 Å². The molecule has 0 radical (unpaired) electrons. The summed E-state index contributed by atoms with van der Waals surface area (Å²) in [6.45, 7) is 1.88. The number of hydrogen-bond donors (Lipinski definition) is 0. The number of carbonyl (C=O) groups excluding carboxylic acids is 1. The molecule has 0 N–H and O–H groups in total. The van der Waals surface area contributed by atoms with Crippen LogP contribution in [0.2, 0.25) is 0 Å². The average Bonchev–Trinajstić information content (AvgIpc) is 2.60. The van der Waals surface area contributed by atoms with Crippen LogP contribution in [0.5, 0.6) is 17.2 Å². The molecule has 0 saturated heterocycles. The van der Waals surface area contributed by atoms with Crippen molar-refractivity contribution >= 4 is 11.4 Å². The highest BCUT2D eigenvalue weighted by molar-refractivity contribution is 6.09. The Hall–Kier alpha value is -2.82. The summed E-state index contributed by atoms with van der Waals surface area (Å²) in [7, 11) is 4.56. The Morgan fingerprint density at radius 1 is 0.957 bits per heavy atom. The molecule has 2 aromatic rings. The van der Waals surface area contributed by atoms with Crippen LogP contribution < -0.4 is 14.2 Å². The first-order valence-electron chi connectivity index (χ1n) is 7.03. The largest absolute Gasteiger partial charge is 0.493 e. The zero-order valence-electron chi connectivity index (χ0n) is 13.6. The highest BCUT2D eigenvalue weighted by Crippen LogP contribution is 2.38. The summed E-state index contributed by atoms with van der Waals surface area (Å²) in [5.74, 6) is 1.22. The van der Waals surface area contributed by atoms with Crippen molar-refractivity contribution in [3.63, 3.8) is 0 Å². The Bertz CT molecular complexity index is 698. The van der Waals surface area contributed by atoms with Crippen molar-refractivity contribution in [1.82, 2.24) is 4.98 Å². The summed E-state index contributed by atoms with van der Waals surface area (Å²) < 4.78 is 15.8. The summed E-state index contributed by atoms with van der Waals surface area (Å²) in [5, 5.41) is 0. The molecule has 0 spiro atoms. The summed E-state index contributed by atoms with van der Waals surface area (Å²) in [4.78, 5) is 16.5. The minimum Gasteiger partial charge on any atom is -0.493 e. The molecule has 120 valence electrons. The third-order valence-corrected chi connectivity index (χ3v) is 3.43. The Balaban J connectivity index is 2.40. The molecule has 23 heavy (non-hydrogen) atoms. The predicted molar refractivity (Wildman–Crippen MR) is 88.3 cm³/mol. The molecule has 0 aliphatic rings. The van der Waals surface area contributed by atoms with Crippen LogP contribution in [-0.4, -0.2) is 32.1 Å². The molecular weight excluding hydrogens is 294 g/mol. The number of rotatable bonds is 6. The molecule has 0 aliphatic heterocycles. The molecule has 2 rings (SSSR count). The summed E-state index contributed by atoms with van der Waals surface area (Å²) in [5.41, 5.74) is 2.26. The van der Waals surface area contributed by atoms with E-state index in [-0.39, 0.29) is 5.78 Å². The second kappa shape index (κ2) is 7.45. The van der Waals surface area contributed by atoms with Crippen molar-refractivity contribution in [2.24, 2.45) is 0 Å². The number of ketones is 1. The van der Waals surface area contributed by atoms with Crippen molar-refractivity contribution in [1.29, 1.82) is 0 Å². The lowest BCUT2D eigenvalue weighted by atomic mass is 10.0. The van der Waals surface area contributed by atoms with E-state index in [0.29, 0.717) is 22.8 Å². The van der Waals surface area contributed by atoms with Crippen molar-refractivity contribution < 1.29 is 19.0 Å². The molecule has 0 atom stereocenters. The Morgan fingerprint density at radius 2 is 1.52 bits per heavy atom. The van der Waals surface area contributed by atoms with Gasteiger partial charge in [0.05, 0.1) is 21.3 Å². The van der Waals surface area contributed by atoms with E-state index >= 15 is 0 Å². The summed E-state index contributed by atoms with van der Waals surface area (Å²) in [6, 6.07) is 6.99. The van der Waals surface area contributed by atoms with Crippen LogP contribution in [0.3, 0.4) is 0 Å². The monoisotopic (exact) mass is 313 g/mol. The van der Waals surface area contributed by atoms with Crippen LogP contribution in [0.25, 0.3) is 5.57 Å². The number of pyridine rings is 1. The molecule has 0 bridgehead atoms. The molecule has 0 saturated carbocycles. The van der Waals surface area contributed by atoms with Gasteiger partial charge in [0.1, 0.15) is 0 Å². The number of methoxy groups -OCH3 is 3. The number of benzene rings is 1. The van der Waals surface area contributed by atoms with Gasteiger partial charge in [-0.15, -0.1) is 0 Å². The van der Waals surface area contributed by atoms with Crippen LogP contribution in [0.4, 0.5) is 0 Å². The van der Waals surface area contributed by atoms with Gasteiger partial charge in [-0.2, -0.15) is 0 Å². The minimum absolute atomic E-state index is 0.140. The molecule has 1 aromatic heterocycles. The topological polar surface area (TPSA) is 57.7 Å². The van der Waals surface area contributed by atoms with Gasteiger partial charge in [0.2, 0.25) is 5.75 Å². The number of carbonyl (C=O) groups is 1. The summed E-state index contributed by atoms with van der Waals surface area (Å²) in [6.07, 6.45) is 4.96. The fourth-order valence-corrected chi connectivity index (χ4v) is 2.20. The smallest absolute Gasteiger partial charge is 0.203 e. The van der Waals surface area contributed by atoms with E-state index in [0.717, 1.165) is 11.1 Å². The van der Waals surface area contributed by atoms with E-state index < -0.39 is 0 Å². The first-order valence-corrected chi connectivity index (χ1v) is 7.03. The number of allylic oxidation sites excluding steroid dienone is 2. The predicted octanol–water partition coefficient (Wildman–Crippen LogP) is 3.39. The van der Waals surface area contributed by atoms with Crippen LogP contribution in [0, 0.1) is 0 Å². The lowest BCUT2D eigenvalue weighted by molar-refractivity contribution is 0.104. The maximum Gasteiger partial charge on any atom is 0.203 e. The number of hydrogen-bond acceptors (Lipinski definition) is 5. The SMILES string of the molecule is COc1cc(C(=O)/C=C(\C)c2ccncc2)cc(OC)c1OC. The molecule has 5 heteroatoms. The van der Waals surface area contributed by atoms with Gasteiger partial charge < -0.3 is 14.2 Å². The molecule has 0 fully saturated rings. The molecular formula is C18H19NO4. The Morgan fingerprint density at radius 3 is 2.00 bits per heavy atom. The third-order valence-electron chi connectivity index (χ3n) is 3.43. The lowest BCUT2D eigenvalue weighted by Gasteiger charge is -2.13. The highest BCUT2D eigenvalue weighted by atomic mass is 16.5. The van der Waals surface area contributed by atoms with Crippen molar-refractivity contribution in [3.05, 3.63) is 53.9 Å². The fourth-order valence-electron chi connectivity index (χ4n) is 2.20. The fraction of sp³-hybridized carbons (Fsp3) is 0.222. The van der Waals surface area contributed by atoms with Crippen LogP contribution >= 0.6 is 0 Å². The van der Waals surface area contributed by atoms with Crippen LogP contribution in [0.1, 0.15) is 22.8 Å². The molecule has 0 unspecified atom stereocenters. The van der Waals surface area contributed by atoms with Gasteiger partial charge in [-0.05, 0) is 48.4 Å². The minimum atomic E-state index is -0.140. The zero-order valence-corrected chi connectivity index (χ0v) is 13.6. The van der Waals surface area contributed by atoms with Crippen molar-refractivity contribution in [2.45, 2.75) is 6.92 Å². The molecule has 0 amide bonds. The Kier molecular flexibility index (Phi) is 5.36. The van der Waals surface area contributed by atoms with Gasteiger partial charge >= 0.3 is 0 Å². The van der Waals surface area contributed by atoms with Crippen molar-refractivity contribution in [3.8, 4) is 17.2 Å². The van der Waals surface area contributed by atoms with E-state index in [2.05, 4.69) is 4.98 Å². The van der Waals surface area contributed by atoms with Gasteiger partial charge in [-0.1, -0.05) is 0 Å². The van der Waals surface area contributed by atoms with E-state index in [1.807, 2.05) is 19.1 Å². The quantitative estimate of drug-likeness (QED) is 0.604. The molecule has 5 nitrogen and oxygen atoms in total. The van der Waals surface area contributed by atoms with Gasteiger partial charge in [0.25, 0.3) is 0 Å². The van der Waals surface area contributed by atoms with E-state index in [1.54, 1.807) is 30.6 Å².